The smallest absolute Gasteiger partial charge is 0.329 e. The number of pyridine rings is 1. The summed E-state index contributed by atoms with van der Waals surface area (Å²) in [6.45, 7) is 4.11. The van der Waals surface area contributed by atoms with Gasteiger partial charge in [-0.15, -0.1) is 0 Å². The van der Waals surface area contributed by atoms with Crippen molar-refractivity contribution in [3.05, 3.63) is 78.5 Å². The van der Waals surface area contributed by atoms with Gasteiger partial charge in [-0.1, -0.05) is 0 Å². The molecule has 1 heterocycles. The molecular formula is C28H27F2N3O4. The van der Waals surface area contributed by atoms with Crippen LogP contribution in [0.2, 0.25) is 0 Å². The Morgan fingerprint density at radius 3 is 2.14 bits per heavy atom. The number of hydrogen-bond donors (Lipinski definition) is 0. The molecule has 0 saturated carbocycles. The lowest BCUT2D eigenvalue weighted by Gasteiger charge is -2.29. The number of carbonyl (C=O) groups is 1. The third kappa shape index (κ3) is 5.25. The maximum absolute atomic E-state index is 15.3. The zero-order valence-corrected chi connectivity index (χ0v) is 21.0. The van der Waals surface area contributed by atoms with Gasteiger partial charge in [-0.25, -0.2) is 13.6 Å². The predicted octanol–water partition coefficient (Wildman–Crippen LogP) is 6.80. The summed E-state index contributed by atoms with van der Waals surface area (Å²) >= 11 is 0. The van der Waals surface area contributed by atoms with E-state index in [0.717, 1.165) is 0 Å². The van der Waals surface area contributed by atoms with Crippen molar-refractivity contribution in [1.82, 2.24) is 4.98 Å². The number of fused-ring (bicyclic) bond motifs is 1. The summed E-state index contributed by atoms with van der Waals surface area (Å²) in [7, 11) is 3.07. The molecule has 1 aromatic heterocycles. The lowest BCUT2D eigenvalue weighted by molar-refractivity contribution is 0.251. The normalized spacial score (nSPS) is 10.8. The summed E-state index contributed by atoms with van der Waals surface area (Å²) in [5, 5.41) is 0.660. The zero-order valence-electron chi connectivity index (χ0n) is 21.0. The highest BCUT2D eigenvalue weighted by molar-refractivity contribution is 6.03. The van der Waals surface area contributed by atoms with Crippen molar-refractivity contribution in [2.75, 3.05) is 37.1 Å². The van der Waals surface area contributed by atoms with E-state index >= 15 is 4.39 Å². The second-order valence-electron chi connectivity index (χ2n) is 8.00. The van der Waals surface area contributed by atoms with Gasteiger partial charge in [0.25, 0.3) is 0 Å². The number of anilines is 2. The van der Waals surface area contributed by atoms with Gasteiger partial charge in [0.2, 0.25) is 0 Å². The van der Waals surface area contributed by atoms with E-state index in [4.69, 9.17) is 14.2 Å². The molecular weight excluding hydrogens is 480 g/mol. The number of halogens is 2. The number of urea groups is 1. The third-order valence-corrected chi connectivity index (χ3v) is 5.88. The van der Waals surface area contributed by atoms with Gasteiger partial charge in [-0.2, -0.15) is 0 Å². The maximum atomic E-state index is 15.3. The first-order valence-electron chi connectivity index (χ1n) is 11.7. The average Bonchev–Trinajstić information content (AvgIpc) is 2.91. The molecule has 0 saturated heterocycles. The molecule has 4 aromatic rings. The van der Waals surface area contributed by atoms with Gasteiger partial charge in [0.15, 0.2) is 17.3 Å². The zero-order chi connectivity index (χ0) is 26.5. The highest BCUT2D eigenvalue weighted by Crippen LogP contribution is 2.37. The first kappa shape index (κ1) is 25.7. The highest BCUT2D eigenvalue weighted by Gasteiger charge is 2.24. The molecule has 0 bridgehead atoms. The van der Waals surface area contributed by atoms with Crippen molar-refractivity contribution in [2.45, 2.75) is 13.8 Å². The number of carbonyl (C=O) groups excluding carboxylic acids is 1. The first-order chi connectivity index (χ1) is 17.9. The quantitative estimate of drug-likeness (QED) is 0.263. The predicted molar refractivity (Wildman–Crippen MR) is 139 cm³/mol. The SMILES string of the molecule is CCN(C(=O)N(CC)c1ccc(Oc2ccnc3cc(OC)c(OC)cc23)cc1F)c1ccc(F)cc1. The Bertz CT molecular complexity index is 1410. The Labute approximate surface area is 213 Å². The van der Waals surface area contributed by atoms with Gasteiger partial charge in [-0.3, -0.25) is 14.8 Å². The molecule has 0 radical (unpaired) electrons. The van der Waals surface area contributed by atoms with E-state index in [-0.39, 0.29) is 18.0 Å². The fourth-order valence-electron chi connectivity index (χ4n) is 4.04. The summed E-state index contributed by atoms with van der Waals surface area (Å²) < 4.78 is 45.4. The lowest BCUT2D eigenvalue weighted by atomic mass is 10.1. The number of benzene rings is 3. The molecule has 192 valence electrons. The molecule has 0 fully saturated rings. The molecule has 3 aromatic carbocycles. The Hall–Kier alpha value is -4.40. The van der Waals surface area contributed by atoms with Crippen molar-refractivity contribution >= 4 is 28.3 Å². The number of hydrogen-bond acceptors (Lipinski definition) is 5. The van der Waals surface area contributed by atoms with Gasteiger partial charge >= 0.3 is 6.03 Å². The monoisotopic (exact) mass is 507 g/mol. The second-order valence-corrected chi connectivity index (χ2v) is 8.00. The Kier molecular flexibility index (Phi) is 7.71. The summed E-state index contributed by atoms with van der Waals surface area (Å²) in [5.41, 5.74) is 1.24. The molecule has 4 rings (SSSR count). The number of ether oxygens (including phenoxy) is 3. The second kappa shape index (κ2) is 11.1. The maximum Gasteiger partial charge on any atom is 0.329 e. The van der Waals surface area contributed by atoms with E-state index in [0.29, 0.717) is 40.4 Å². The van der Waals surface area contributed by atoms with Crippen LogP contribution >= 0.6 is 0 Å². The summed E-state index contributed by atoms with van der Waals surface area (Å²) in [6, 6.07) is 14.6. The van der Waals surface area contributed by atoms with Crippen LogP contribution in [0.4, 0.5) is 25.0 Å². The van der Waals surface area contributed by atoms with E-state index in [2.05, 4.69) is 4.98 Å². The molecule has 0 aliphatic carbocycles. The van der Waals surface area contributed by atoms with Crippen LogP contribution in [0.25, 0.3) is 10.9 Å². The molecule has 0 aliphatic rings. The minimum absolute atomic E-state index is 0.103. The first-order valence-corrected chi connectivity index (χ1v) is 11.7. The van der Waals surface area contributed by atoms with Gasteiger partial charge in [0, 0.05) is 42.5 Å². The summed E-state index contributed by atoms with van der Waals surface area (Å²) in [6.07, 6.45) is 1.58. The van der Waals surface area contributed by atoms with E-state index in [1.807, 2.05) is 0 Å². The number of methoxy groups -OCH3 is 2. The minimum atomic E-state index is -0.625. The molecule has 9 heteroatoms. The third-order valence-electron chi connectivity index (χ3n) is 5.88. The van der Waals surface area contributed by atoms with Crippen LogP contribution in [-0.4, -0.2) is 38.3 Å². The van der Waals surface area contributed by atoms with Gasteiger partial charge in [-0.05, 0) is 62.4 Å². The van der Waals surface area contributed by atoms with Crippen molar-refractivity contribution < 1.29 is 27.8 Å². The topological polar surface area (TPSA) is 64.1 Å². The summed E-state index contributed by atoms with van der Waals surface area (Å²) in [4.78, 5) is 20.4. The molecule has 0 aliphatic heterocycles. The van der Waals surface area contributed by atoms with Crippen LogP contribution < -0.4 is 24.0 Å². The number of nitrogens with zero attached hydrogens (tertiary/aromatic N) is 3. The van der Waals surface area contributed by atoms with Gasteiger partial charge in [0.05, 0.1) is 25.4 Å². The Morgan fingerprint density at radius 2 is 1.51 bits per heavy atom. The van der Waals surface area contributed by atoms with E-state index in [1.54, 1.807) is 44.3 Å². The van der Waals surface area contributed by atoms with Crippen LogP contribution in [0.5, 0.6) is 23.0 Å². The minimum Gasteiger partial charge on any atom is -0.493 e. The lowest BCUT2D eigenvalue weighted by Crippen LogP contribution is -2.43. The van der Waals surface area contributed by atoms with E-state index in [9.17, 15) is 9.18 Å². The van der Waals surface area contributed by atoms with Gasteiger partial charge in [0.1, 0.15) is 17.3 Å². The van der Waals surface area contributed by atoms with Crippen LogP contribution in [-0.2, 0) is 0 Å². The van der Waals surface area contributed by atoms with Crippen LogP contribution in [0.15, 0.2) is 66.9 Å². The van der Waals surface area contributed by atoms with Crippen molar-refractivity contribution in [3.8, 4) is 23.0 Å². The van der Waals surface area contributed by atoms with E-state index < -0.39 is 17.7 Å². The highest BCUT2D eigenvalue weighted by atomic mass is 19.1. The van der Waals surface area contributed by atoms with E-state index in [1.165, 1.54) is 60.4 Å². The largest absolute Gasteiger partial charge is 0.493 e. The van der Waals surface area contributed by atoms with Crippen molar-refractivity contribution in [1.29, 1.82) is 0 Å². The number of amides is 2. The van der Waals surface area contributed by atoms with Crippen molar-refractivity contribution in [3.63, 3.8) is 0 Å². The molecule has 7 nitrogen and oxygen atoms in total. The molecule has 0 N–H and O–H groups in total. The van der Waals surface area contributed by atoms with Crippen LogP contribution in [0.3, 0.4) is 0 Å². The van der Waals surface area contributed by atoms with Gasteiger partial charge < -0.3 is 14.2 Å². The fourth-order valence-corrected chi connectivity index (χ4v) is 4.04. The molecule has 37 heavy (non-hydrogen) atoms. The molecule has 0 spiro atoms. The summed E-state index contributed by atoms with van der Waals surface area (Å²) in [5.74, 6) is 0.711. The Balaban J connectivity index is 1.62. The number of aromatic nitrogens is 1. The fraction of sp³-hybridized carbons (Fsp3) is 0.214. The molecule has 2 amide bonds. The van der Waals surface area contributed by atoms with Crippen LogP contribution in [0, 0.1) is 11.6 Å². The molecule has 0 unspecified atom stereocenters. The Morgan fingerprint density at radius 1 is 0.838 bits per heavy atom. The van der Waals surface area contributed by atoms with Crippen LogP contribution in [0.1, 0.15) is 13.8 Å². The number of rotatable bonds is 8. The van der Waals surface area contributed by atoms with Crippen molar-refractivity contribution in [2.24, 2.45) is 0 Å². The molecule has 0 atom stereocenters. The standard InChI is InChI=1S/C28H27F2N3O4/c1-5-32(19-9-7-18(29)8-10-19)28(34)33(6-2)24-12-11-20(15-22(24)30)37-25-13-14-31-23-17-27(36-4)26(35-3)16-21(23)25/h7-17H,5-6H2,1-4H3. The average molecular weight is 508 g/mol.